The van der Waals surface area contributed by atoms with E-state index in [-0.39, 0.29) is 18.9 Å². The summed E-state index contributed by atoms with van der Waals surface area (Å²) in [6, 6.07) is 16.4. The fourth-order valence-electron chi connectivity index (χ4n) is 2.35. The van der Waals surface area contributed by atoms with E-state index < -0.39 is 0 Å². The molecule has 0 saturated carbocycles. The number of halogens is 1. The Bertz CT molecular complexity index is 812. The molecular weight excluding hydrogens is 336 g/mol. The number of nitriles is 1. The lowest BCUT2D eigenvalue weighted by Crippen LogP contribution is -2.28. The van der Waals surface area contributed by atoms with Crippen LogP contribution in [0.15, 0.2) is 53.6 Å². The van der Waals surface area contributed by atoms with Crippen LogP contribution in [0.3, 0.4) is 0 Å². The molecule has 128 valence electrons. The van der Waals surface area contributed by atoms with Crippen LogP contribution >= 0.6 is 11.6 Å². The highest BCUT2D eigenvalue weighted by Gasteiger charge is 2.16. The zero-order valence-corrected chi connectivity index (χ0v) is 14.9. The minimum Gasteiger partial charge on any atom is -0.388 e. The molecule has 2 rings (SSSR count). The van der Waals surface area contributed by atoms with E-state index in [2.05, 4.69) is 16.5 Å². The molecule has 2 aromatic rings. The zero-order chi connectivity index (χ0) is 18.2. The molecule has 0 aliphatic rings. The van der Waals surface area contributed by atoms with Crippen LogP contribution in [-0.4, -0.2) is 30.2 Å². The van der Waals surface area contributed by atoms with E-state index in [1.54, 1.807) is 36.4 Å². The van der Waals surface area contributed by atoms with Gasteiger partial charge in [0.15, 0.2) is 0 Å². The number of nitrogens with zero attached hydrogens (tertiary/aromatic N) is 3. The van der Waals surface area contributed by atoms with Gasteiger partial charge in [0, 0.05) is 28.9 Å². The first-order valence-corrected chi connectivity index (χ1v) is 8.21. The van der Waals surface area contributed by atoms with Crippen molar-refractivity contribution in [2.75, 3.05) is 18.9 Å². The summed E-state index contributed by atoms with van der Waals surface area (Å²) < 4.78 is 0. The van der Waals surface area contributed by atoms with Gasteiger partial charge in [0.2, 0.25) is 0 Å². The molecule has 0 aliphatic carbocycles. The van der Waals surface area contributed by atoms with Crippen LogP contribution in [0.25, 0.3) is 0 Å². The summed E-state index contributed by atoms with van der Waals surface area (Å²) in [6.07, 6.45) is 0.198. The van der Waals surface area contributed by atoms with E-state index >= 15 is 0 Å². The minimum absolute atomic E-state index is 0.198. The lowest BCUT2D eigenvalue weighted by molar-refractivity contribution is 0.0764. The highest BCUT2D eigenvalue weighted by Crippen LogP contribution is 2.21. The smallest absolute Gasteiger partial charge is 0.273 e. The maximum Gasteiger partial charge on any atom is 0.273 e. The van der Waals surface area contributed by atoms with Crippen LogP contribution in [0, 0.1) is 11.3 Å². The zero-order valence-electron chi connectivity index (χ0n) is 14.2. The Balaban J connectivity index is 2.38. The number of carbonyl (C=O) groups excluding carboxylic acids is 1. The number of rotatable bonds is 6. The Hall–Kier alpha value is -2.84. The number of anilines is 1. The van der Waals surface area contributed by atoms with Crippen molar-refractivity contribution in [3.05, 3.63) is 64.7 Å². The molecule has 0 aliphatic heterocycles. The van der Waals surface area contributed by atoms with Crippen molar-refractivity contribution in [3.63, 3.8) is 0 Å². The summed E-state index contributed by atoms with van der Waals surface area (Å²) in [5.74, 6) is -0.247. The molecule has 5 nitrogen and oxygen atoms in total. The monoisotopic (exact) mass is 354 g/mol. The molecule has 0 radical (unpaired) electrons. The Morgan fingerprint density at radius 2 is 2.00 bits per heavy atom. The highest BCUT2D eigenvalue weighted by molar-refractivity contribution is 6.31. The molecule has 1 N–H and O–H groups in total. The average Bonchev–Trinajstić information content (AvgIpc) is 2.65. The molecule has 6 heteroatoms. The number of nitrogens with one attached hydrogen (secondary N) is 1. The molecule has 25 heavy (non-hydrogen) atoms. The first kappa shape index (κ1) is 18.5. The third kappa shape index (κ3) is 4.82. The van der Waals surface area contributed by atoms with E-state index in [0.717, 1.165) is 11.3 Å². The van der Waals surface area contributed by atoms with Gasteiger partial charge in [-0.05, 0) is 37.3 Å². The normalized spacial score (nSPS) is 10.9. The molecule has 0 unspecified atom stereocenters. The maximum absolute atomic E-state index is 12.7. The van der Waals surface area contributed by atoms with Gasteiger partial charge >= 0.3 is 0 Å². The van der Waals surface area contributed by atoms with Gasteiger partial charge in [0.25, 0.3) is 5.91 Å². The topological polar surface area (TPSA) is 68.5 Å². The molecule has 2 aromatic carbocycles. The molecule has 0 heterocycles. The van der Waals surface area contributed by atoms with Crippen molar-refractivity contribution in [3.8, 4) is 6.07 Å². The molecular formula is C19H19ClN4O. The molecule has 0 bridgehead atoms. The quantitative estimate of drug-likeness (QED) is 0.625. The number of benzene rings is 2. The fraction of sp³-hybridized carbons (Fsp3) is 0.211. The molecule has 0 atom stereocenters. The van der Waals surface area contributed by atoms with E-state index in [1.807, 2.05) is 26.1 Å². The number of amides is 1. The van der Waals surface area contributed by atoms with E-state index in [1.165, 1.54) is 5.01 Å². The number of hydrazone groups is 1. The number of hydrogen-bond acceptors (Lipinski definition) is 4. The van der Waals surface area contributed by atoms with Crippen molar-refractivity contribution >= 4 is 28.9 Å². The minimum atomic E-state index is -0.247. The van der Waals surface area contributed by atoms with Gasteiger partial charge in [-0.25, -0.2) is 5.01 Å². The first-order valence-electron chi connectivity index (χ1n) is 7.83. The molecule has 0 saturated heterocycles. The second kappa shape index (κ2) is 8.86. The van der Waals surface area contributed by atoms with Crippen LogP contribution < -0.4 is 5.32 Å². The van der Waals surface area contributed by atoms with E-state index in [9.17, 15) is 4.79 Å². The first-order chi connectivity index (χ1) is 12.1. The van der Waals surface area contributed by atoms with Gasteiger partial charge in [0.05, 0.1) is 24.7 Å². The van der Waals surface area contributed by atoms with Crippen LogP contribution in [0.5, 0.6) is 0 Å². The standard InChI is InChI=1S/C19H19ClN4O/c1-14(17-13-16(20)9-10-18(17)22-2)23-24(12-6-11-21)19(25)15-7-4-3-5-8-15/h3-5,7-10,13,22H,6,12H2,1-2H3/b23-14-. The van der Waals surface area contributed by atoms with Crippen LogP contribution in [0.4, 0.5) is 5.69 Å². The summed E-state index contributed by atoms with van der Waals surface area (Å²) in [4.78, 5) is 12.7. The Labute approximate surface area is 152 Å². The van der Waals surface area contributed by atoms with Gasteiger partial charge in [0.1, 0.15) is 0 Å². The summed E-state index contributed by atoms with van der Waals surface area (Å²) in [6.45, 7) is 2.03. The molecule has 0 aromatic heterocycles. The van der Waals surface area contributed by atoms with E-state index in [4.69, 9.17) is 16.9 Å². The van der Waals surface area contributed by atoms with Crippen molar-refractivity contribution in [1.29, 1.82) is 5.26 Å². The predicted octanol–water partition coefficient (Wildman–Crippen LogP) is 4.16. The SMILES string of the molecule is CNc1ccc(Cl)cc1/C(C)=N\N(CCC#N)C(=O)c1ccccc1. The summed E-state index contributed by atoms with van der Waals surface area (Å²) in [5, 5.41) is 18.3. The van der Waals surface area contributed by atoms with Gasteiger partial charge < -0.3 is 5.32 Å². The maximum atomic E-state index is 12.7. The van der Waals surface area contributed by atoms with Gasteiger partial charge in [-0.15, -0.1) is 0 Å². The lowest BCUT2D eigenvalue weighted by atomic mass is 10.1. The Morgan fingerprint density at radius 1 is 1.28 bits per heavy atom. The Kier molecular flexibility index (Phi) is 6.55. The third-order valence-corrected chi connectivity index (χ3v) is 3.84. The van der Waals surface area contributed by atoms with E-state index in [0.29, 0.717) is 16.3 Å². The van der Waals surface area contributed by atoms with Gasteiger partial charge in [-0.3, -0.25) is 4.79 Å². The van der Waals surface area contributed by atoms with Crippen LogP contribution in [-0.2, 0) is 0 Å². The molecule has 1 amide bonds. The third-order valence-electron chi connectivity index (χ3n) is 3.60. The van der Waals surface area contributed by atoms with Crippen molar-refractivity contribution < 1.29 is 4.79 Å². The van der Waals surface area contributed by atoms with Crippen LogP contribution in [0.2, 0.25) is 5.02 Å². The van der Waals surface area contributed by atoms with Crippen molar-refractivity contribution in [2.45, 2.75) is 13.3 Å². The molecule has 0 spiro atoms. The summed E-state index contributed by atoms with van der Waals surface area (Å²) >= 11 is 6.09. The second-order valence-electron chi connectivity index (χ2n) is 5.33. The lowest BCUT2D eigenvalue weighted by Gasteiger charge is -2.18. The van der Waals surface area contributed by atoms with Gasteiger partial charge in [-0.2, -0.15) is 10.4 Å². The summed E-state index contributed by atoms with van der Waals surface area (Å²) in [7, 11) is 1.81. The highest BCUT2D eigenvalue weighted by atomic mass is 35.5. The number of hydrogen-bond donors (Lipinski definition) is 1. The number of carbonyl (C=O) groups is 1. The second-order valence-corrected chi connectivity index (χ2v) is 5.76. The largest absolute Gasteiger partial charge is 0.388 e. The van der Waals surface area contributed by atoms with Gasteiger partial charge in [-0.1, -0.05) is 29.8 Å². The van der Waals surface area contributed by atoms with Crippen LogP contribution in [0.1, 0.15) is 29.3 Å². The van der Waals surface area contributed by atoms with Crippen molar-refractivity contribution in [2.24, 2.45) is 5.10 Å². The fourth-order valence-corrected chi connectivity index (χ4v) is 2.52. The van der Waals surface area contributed by atoms with Crippen molar-refractivity contribution in [1.82, 2.24) is 5.01 Å². The Morgan fingerprint density at radius 3 is 2.64 bits per heavy atom. The predicted molar refractivity (Wildman–Crippen MR) is 101 cm³/mol. The summed E-state index contributed by atoms with van der Waals surface area (Å²) in [5.41, 5.74) is 2.82. The molecule has 0 fully saturated rings. The average molecular weight is 355 g/mol.